The summed E-state index contributed by atoms with van der Waals surface area (Å²) in [6, 6.07) is 11.7. The van der Waals surface area contributed by atoms with Crippen molar-refractivity contribution in [2.75, 3.05) is 5.32 Å². The summed E-state index contributed by atoms with van der Waals surface area (Å²) >= 11 is 3.22. The topological polar surface area (TPSA) is 69.6 Å². The Labute approximate surface area is 125 Å². The summed E-state index contributed by atoms with van der Waals surface area (Å²) in [4.78, 5) is 12.2. The highest BCUT2D eigenvalue weighted by Gasteiger charge is 2.14. The van der Waals surface area contributed by atoms with Crippen molar-refractivity contribution in [3.8, 4) is 5.75 Å². The lowest BCUT2D eigenvalue weighted by atomic mass is 10.1. The van der Waals surface area contributed by atoms with Crippen LogP contribution < -0.4 is 5.32 Å². The normalized spacial score (nSPS) is 11.9. The van der Waals surface area contributed by atoms with E-state index in [0.717, 1.165) is 0 Å². The molecule has 2 rings (SSSR count). The zero-order valence-electron chi connectivity index (χ0n) is 10.8. The highest BCUT2D eigenvalue weighted by Crippen LogP contribution is 2.26. The summed E-state index contributed by atoms with van der Waals surface area (Å²) in [5, 5.41) is 22.1. The fourth-order valence-electron chi connectivity index (χ4n) is 1.86. The first kappa shape index (κ1) is 14.6. The molecule has 0 aliphatic rings. The van der Waals surface area contributed by atoms with Crippen molar-refractivity contribution < 1.29 is 15.0 Å². The molecule has 1 unspecified atom stereocenters. The zero-order chi connectivity index (χ0) is 14.7. The Kier molecular flexibility index (Phi) is 4.42. The van der Waals surface area contributed by atoms with E-state index in [4.69, 9.17) is 0 Å². The first-order valence-corrected chi connectivity index (χ1v) is 6.85. The van der Waals surface area contributed by atoms with Gasteiger partial charge in [0.2, 0.25) is 0 Å². The summed E-state index contributed by atoms with van der Waals surface area (Å²) in [6.45, 7) is 1.63. The number of amides is 1. The molecule has 0 saturated carbocycles. The molecule has 0 bridgehead atoms. The van der Waals surface area contributed by atoms with E-state index in [1.54, 1.807) is 37.3 Å². The van der Waals surface area contributed by atoms with Crippen molar-refractivity contribution >= 4 is 27.5 Å². The summed E-state index contributed by atoms with van der Waals surface area (Å²) < 4.78 is 0.691. The molecule has 4 nitrogen and oxygen atoms in total. The molecule has 20 heavy (non-hydrogen) atoms. The van der Waals surface area contributed by atoms with Gasteiger partial charge in [0, 0.05) is 15.7 Å². The molecule has 0 spiro atoms. The maximum Gasteiger partial charge on any atom is 0.259 e. The van der Waals surface area contributed by atoms with Gasteiger partial charge < -0.3 is 15.5 Å². The minimum atomic E-state index is -0.690. The Morgan fingerprint density at radius 3 is 2.60 bits per heavy atom. The molecule has 0 aliphatic carbocycles. The van der Waals surface area contributed by atoms with Crippen LogP contribution in [0.15, 0.2) is 46.9 Å². The molecule has 0 radical (unpaired) electrons. The third kappa shape index (κ3) is 3.18. The second-order valence-electron chi connectivity index (χ2n) is 4.38. The summed E-state index contributed by atoms with van der Waals surface area (Å²) in [6.07, 6.45) is -0.690. The van der Waals surface area contributed by atoms with Gasteiger partial charge in [-0.15, -0.1) is 0 Å². The average molecular weight is 336 g/mol. The largest absolute Gasteiger partial charge is 0.507 e. The van der Waals surface area contributed by atoms with Crippen LogP contribution in [0.1, 0.15) is 28.9 Å². The Morgan fingerprint density at radius 2 is 1.95 bits per heavy atom. The number of halogens is 1. The quantitative estimate of drug-likeness (QED) is 0.804. The molecule has 2 aromatic rings. The molecule has 1 atom stereocenters. The van der Waals surface area contributed by atoms with Crippen molar-refractivity contribution in [1.82, 2.24) is 0 Å². The number of aliphatic hydroxyl groups is 1. The van der Waals surface area contributed by atoms with Crippen molar-refractivity contribution in [2.24, 2.45) is 0 Å². The molecule has 0 aromatic heterocycles. The lowest BCUT2D eigenvalue weighted by molar-refractivity contribution is 0.102. The molecular weight excluding hydrogens is 322 g/mol. The molecule has 5 heteroatoms. The molecule has 2 aromatic carbocycles. The van der Waals surface area contributed by atoms with Crippen LogP contribution in [0.4, 0.5) is 5.69 Å². The van der Waals surface area contributed by atoms with E-state index in [1.165, 1.54) is 12.1 Å². The molecule has 3 N–H and O–H groups in total. The van der Waals surface area contributed by atoms with Gasteiger partial charge in [-0.05, 0) is 31.2 Å². The number of anilines is 1. The predicted molar refractivity (Wildman–Crippen MR) is 80.8 cm³/mol. The number of nitrogens with one attached hydrogen (secondary N) is 1. The van der Waals surface area contributed by atoms with Gasteiger partial charge in [-0.3, -0.25) is 4.79 Å². The number of benzene rings is 2. The van der Waals surface area contributed by atoms with Gasteiger partial charge in [-0.25, -0.2) is 0 Å². The van der Waals surface area contributed by atoms with Crippen LogP contribution in [0.2, 0.25) is 0 Å². The number of phenolic OH excluding ortho intramolecular Hbond substituents is 1. The van der Waals surface area contributed by atoms with Crippen LogP contribution in [-0.4, -0.2) is 16.1 Å². The fourth-order valence-corrected chi connectivity index (χ4v) is 2.21. The highest BCUT2D eigenvalue weighted by atomic mass is 79.9. The van der Waals surface area contributed by atoms with Crippen molar-refractivity contribution in [2.45, 2.75) is 13.0 Å². The van der Waals surface area contributed by atoms with Crippen LogP contribution in [0, 0.1) is 0 Å². The van der Waals surface area contributed by atoms with E-state index >= 15 is 0 Å². The molecule has 104 valence electrons. The van der Waals surface area contributed by atoms with Gasteiger partial charge in [0.15, 0.2) is 0 Å². The first-order valence-electron chi connectivity index (χ1n) is 6.06. The standard InChI is InChI=1S/C15H14BrNO3/c1-9(18)11-4-2-3-5-13(11)17-15(20)12-7-6-10(16)8-14(12)19/h2-9,18-19H,1H3,(H,17,20). The average Bonchev–Trinajstić information content (AvgIpc) is 2.38. The molecule has 0 fully saturated rings. The van der Waals surface area contributed by atoms with E-state index < -0.39 is 12.0 Å². The Morgan fingerprint density at radius 1 is 1.25 bits per heavy atom. The third-order valence-corrected chi connectivity index (χ3v) is 3.36. The van der Waals surface area contributed by atoms with Crippen molar-refractivity contribution in [1.29, 1.82) is 0 Å². The smallest absolute Gasteiger partial charge is 0.259 e. The SMILES string of the molecule is CC(O)c1ccccc1NC(=O)c1ccc(Br)cc1O. The Bertz CT molecular complexity index is 641. The maximum atomic E-state index is 12.2. The molecule has 0 heterocycles. The number of carbonyl (C=O) groups is 1. The second-order valence-corrected chi connectivity index (χ2v) is 5.29. The van der Waals surface area contributed by atoms with Gasteiger partial charge >= 0.3 is 0 Å². The number of aliphatic hydroxyl groups excluding tert-OH is 1. The van der Waals surface area contributed by atoms with Crippen LogP contribution in [-0.2, 0) is 0 Å². The zero-order valence-corrected chi connectivity index (χ0v) is 12.4. The van der Waals surface area contributed by atoms with E-state index in [2.05, 4.69) is 21.2 Å². The number of rotatable bonds is 3. The van der Waals surface area contributed by atoms with E-state index in [1.807, 2.05) is 0 Å². The lowest BCUT2D eigenvalue weighted by Crippen LogP contribution is -2.14. The van der Waals surface area contributed by atoms with Crippen LogP contribution in [0.5, 0.6) is 5.75 Å². The second kappa shape index (κ2) is 6.07. The monoisotopic (exact) mass is 335 g/mol. The van der Waals surface area contributed by atoms with E-state index in [9.17, 15) is 15.0 Å². The number of phenols is 1. The number of para-hydroxylation sites is 1. The molecule has 0 saturated heterocycles. The predicted octanol–water partition coefficient (Wildman–Crippen LogP) is 3.46. The molecular formula is C15H14BrNO3. The van der Waals surface area contributed by atoms with Gasteiger partial charge in [0.25, 0.3) is 5.91 Å². The minimum Gasteiger partial charge on any atom is -0.507 e. The summed E-state index contributed by atoms with van der Waals surface area (Å²) in [5.41, 5.74) is 1.32. The fraction of sp³-hybridized carbons (Fsp3) is 0.133. The van der Waals surface area contributed by atoms with Crippen LogP contribution >= 0.6 is 15.9 Å². The van der Waals surface area contributed by atoms with Crippen LogP contribution in [0.25, 0.3) is 0 Å². The van der Waals surface area contributed by atoms with E-state index in [0.29, 0.717) is 15.7 Å². The van der Waals surface area contributed by atoms with Gasteiger partial charge in [0.05, 0.1) is 11.7 Å². The lowest BCUT2D eigenvalue weighted by Gasteiger charge is -2.13. The Hall–Kier alpha value is -1.85. The minimum absolute atomic E-state index is 0.105. The number of carbonyl (C=O) groups excluding carboxylic acids is 1. The van der Waals surface area contributed by atoms with Gasteiger partial charge in [-0.2, -0.15) is 0 Å². The highest BCUT2D eigenvalue weighted by molar-refractivity contribution is 9.10. The summed E-state index contributed by atoms with van der Waals surface area (Å²) in [7, 11) is 0. The van der Waals surface area contributed by atoms with E-state index in [-0.39, 0.29) is 11.3 Å². The summed E-state index contributed by atoms with van der Waals surface area (Å²) in [5.74, 6) is -0.533. The molecule has 0 aliphatic heterocycles. The number of hydrogen-bond acceptors (Lipinski definition) is 3. The van der Waals surface area contributed by atoms with Gasteiger partial charge in [-0.1, -0.05) is 34.1 Å². The van der Waals surface area contributed by atoms with Gasteiger partial charge in [0.1, 0.15) is 5.75 Å². The number of hydrogen-bond donors (Lipinski definition) is 3. The first-order chi connectivity index (χ1) is 9.49. The third-order valence-electron chi connectivity index (χ3n) is 2.86. The van der Waals surface area contributed by atoms with Crippen molar-refractivity contribution in [3.63, 3.8) is 0 Å². The molecule has 1 amide bonds. The van der Waals surface area contributed by atoms with Crippen LogP contribution in [0.3, 0.4) is 0 Å². The van der Waals surface area contributed by atoms with Crippen molar-refractivity contribution in [3.05, 3.63) is 58.1 Å². The Balaban J connectivity index is 2.28. The number of aromatic hydroxyl groups is 1. The maximum absolute atomic E-state index is 12.2.